The lowest BCUT2D eigenvalue weighted by atomic mass is 10.1. The molecule has 0 saturated heterocycles. The highest BCUT2D eigenvalue weighted by Crippen LogP contribution is 2.30. The first-order chi connectivity index (χ1) is 7.63. The number of hydrogen-bond donors (Lipinski definition) is 0. The number of carbonyl (C=O) groups is 1. The molecule has 1 aromatic rings. The van der Waals surface area contributed by atoms with Crippen LogP contribution in [-0.2, 0) is 4.74 Å². The van der Waals surface area contributed by atoms with E-state index in [1.807, 2.05) is 6.07 Å². The summed E-state index contributed by atoms with van der Waals surface area (Å²) in [5, 5.41) is 9.13. The largest absolute Gasteiger partial charge is 0.491 e. The minimum atomic E-state index is -0.540. The van der Waals surface area contributed by atoms with Gasteiger partial charge in [0.15, 0.2) is 5.75 Å². The molecule has 5 heteroatoms. The number of esters is 1. The molecule has 0 aliphatic heterocycles. The first-order valence-corrected chi connectivity index (χ1v) is 4.96. The van der Waals surface area contributed by atoms with E-state index in [1.165, 1.54) is 19.2 Å². The van der Waals surface area contributed by atoms with E-state index in [2.05, 4.69) is 4.74 Å². The maximum atomic E-state index is 11.3. The average molecular weight is 240 g/mol. The molecule has 16 heavy (non-hydrogen) atoms. The molecule has 0 aliphatic rings. The zero-order chi connectivity index (χ0) is 12.1. The van der Waals surface area contributed by atoms with E-state index in [1.54, 1.807) is 6.92 Å². The van der Waals surface area contributed by atoms with Crippen molar-refractivity contribution in [2.75, 3.05) is 13.7 Å². The van der Waals surface area contributed by atoms with Crippen molar-refractivity contribution in [2.45, 2.75) is 6.92 Å². The molecule has 0 unspecified atom stereocenters. The van der Waals surface area contributed by atoms with Crippen molar-refractivity contribution in [1.29, 1.82) is 5.26 Å². The van der Waals surface area contributed by atoms with Crippen LogP contribution in [0.15, 0.2) is 12.1 Å². The van der Waals surface area contributed by atoms with Crippen molar-refractivity contribution in [2.24, 2.45) is 0 Å². The molecular weight excluding hydrogens is 230 g/mol. The van der Waals surface area contributed by atoms with Crippen LogP contribution in [0, 0.1) is 11.3 Å². The zero-order valence-electron chi connectivity index (χ0n) is 8.91. The fraction of sp³-hybridized carbons (Fsp3) is 0.273. The Hall–Kier alpha value is -1.73. The predicted molar refractivity (Wildman–Crippen MR) is 58.7 cm³/mol. The van der Waals surface area contributed by atoms with Crippen LogP contribution in [0.5, 0.6) is 5.75 Å². The van der Waals surface area contributed by atoms with Gasteiger partial charge in [0, 0.05) is 0 Å². The minimum Gasteiger partial charge on any atom is -0.491 e. The SMILES string of the molecule is CCOc1c(Cl)cc(C(=O)OC)cc1C#N. The molecule has 4 nitrogen and oxygen atoms in total. The Morgan fingerprint density at radius 3 is 2.75 bits per heavy atom. The van der Waals surface area contributed by atoms with Gasteiger partial charge in [-0.1, -0.05) is 11.6 Å². The number of nitrogens with zero attached hydrogens (tertiary/aromatic N) is 1. The molecule has 0 atom stereocenters. The van der Waals surface area contributed by atoms with Gasteiger partial charge in [0.2, 0.25) is 0 Å². The molecule has 1 aromatic carbocycles. The Morgan fingerprint density at radius 2 is 2.25 bits per heavy atom. The normalized spacial score (nSPS) is 9.38. The fourth-order valence-electron chi connectivity index (χ4n) is 1.20. The third-order valence-electron chi connectivity index (χ3n) is 1.87. The maximum absolute atomic E-state index is 11.3. The van der Waals surface area contributed by atoms with Gasteiger partial charge in [-0.15, -0.1) is 0 Å². The van der Waals surface area contributed by atoms with E-state index in [0.29, 0.717) is 12.4 Å². The van der Waals surface area contributed by atoms with Gasteiger partial charge >= 0.3 is 5.97 Å². The van der Waals surface area contributed by atoms with Crippen molar-refractivity contribution >= 4 is 17.6 Å². The van der Waals surface area contributed by atoms with Gasteiger partial charge in [0.05, 0.1) is 29.9 Å². The van der Waals surface area contributed by atoms with Crippen LogP contribution in [0.1, 0.15) is 22.8 Å². The Labute approximate surface area is 98.3 Å². The molecule has 1 rings (SSSR count). The first kappa shape index (κ1) is 12.3. The lowest BCUT2D eigenvalue weighted by Crippen LogP contribution is -2.03. The Morgan fingerprint density at radius 1 is 1.56 bits per heavy atom. The second-order valence-corrected chi connectivity index (χ2v) is 3.28. The molecular formula is C11H10ClNO3. The molecule has 0 N–H and O–H groups in total. The van der Waals surface area contributed by atoms with Crippen molar-refractivity contribution in [3.8, 4) is 11.8 Å². The van der Waals surface area contributed by atoms with Gasteiger partial charge in [-0.25, -0.2) is 4.79 Å². The summed E-state index contributed by atoms with van der Waals surface area (Å²) in [6, 6.07) is 4.73. The van der Waals surface area contributed by atoms with E-state index >= 15 is 0 Å². The van der Waals surface area contributed by atoms with Gasteiger partial charge < -0.3 is 9.47 Å². The molecule has 0 spiro atoms. The molecule has 0 aromatic heterocycles. The zero-order valence-corrected chi connectivity index (χ0v) is 9.67. The lowest BCUT2D eigenvalue weighted by molar-refractivity contribution is 0.0600. The van der Waals surface area contributed by atoms with E-state index in [0.717, 1.165) is 0 Å². The quantitative estimate of drug-likeness (QED) is 0.760. The standard InChI is InChI=1S/C11H10ClNO3/c1-3-16-10-8(6-13)4-7(5-9(10)12)11(14)15-2/h4-5H,3H2,1-2H3. The van der Waals surface area contributed by atoms with Crippen LogP contribution < -0.4 is 4.74 Å². The Balaban J connectivity index is 3.27. The molecule has 84 valence electrons. The summed E-state index contributed by atoms with van der Waals surface area (Å²) in [7, 11) is 1.26. The van der Waals surface area contributed by atoms with Crippen LogP contribution in [0.25, 0.3) is 0 Å². The number of rotatable bonds is 3. The molecule has 0 amide bonds. The first-order valence-electron chi connectivity index (χ1n) is 4.58. The molecule has 0 saturated carbocycles. The van der Waals surface area contributed by atoms with Crippen molar-refractivity contribution < 1.29 is 14.3 Å². The van der Waals surface area contributed by atoms with E-state index < -0.39 is 5.97 Å². The fourth-order valence-corrected chi connectivity index (χ4v) is 1.48. The van der Waals surface area contributed by atoms with Crippen LogP contribution in [0.2, 0.25) is 5.02 Å². The van der Waals surface area contributed by atoms with E-state index in [-0.39, 0.29) is 16.1 Å². The lowest BCUT2D eigenvalue weighted by Gasteiger charge is -2.09. The van der Waals surface area contributed by atoms with E-state index in [9.17, 15) is 4.79 Å². The summed E-state index contributed by atoms with van der Waals surface area (Å²) in [4.78, 5) is 11.3. The highest BCUT2D eigenvalue weighted by Gasteiger charge is 2.14. The van der Waals surface area contributed by atoms with Crippen molar-refractivity contribution in [3.05, 3.63) is 28.3 Å². The molecule has 0 bridgehead atoms. The molecule has 0 fully saturated rings. The third-order valence-corrected chi connectivity index (χ3v) is 2.15. The van der Waals surface area contributed by atoms with Crippen molar-refractivity contribution in [1.82, 2.24) is 0 Å². The summed E-state index contributed by atoms with van der Waals surface area (Å²) >= 11 is 5.91. The molecule has 0 radical (unpaired) electrons. The Bertz CT molecular complexity index is 451. The monoisotopic (exact) mass is 239 g/mol. The summed E-state index contributed by atoms with van der Waals surface area (Å²) in [6.07, 6.45) is 0. The van der Waals surface area contributed by atoms with Gasteiger partial charge in [-0.05, 0) is 19.1 Å². The number of carbonyl (C=O) groups excluding carboxylic acids is 1. The average Bonchev–Trinajstić information content (AvgIpc) is 2.30. The summed E-state index contributed by atoms with van der Waals surface area (Å²) in [5.41, 5.74) is 0.447. The number of nitriles is 1. The summed E-state index contributed by atoms with van der Waals surface area (Å²) < 4.78 is 9.76. The second-order valence-electron chi connectivity index (χ2n) is 2.87. The maximum Gasteiger partial charge on any atom is 0.337 e. The summed E-state index contributed by atoms with van der Waals surface area (Å²) in [5.74, 6) is -0.249. The number of methoxy groups -OCH3 is 1. The molecule has 0 aliphatic carbocycles. The topological polar surface area (TPSA) is 59.3 Å². The van der Waals surface area contributed by atoms with Crippen LogP contribution in [-0.4, -0.2) is 19.7 Å². The van der Waals surface area contributed by atoms with Crippen molar-refractivity contribution in [3.63, 3.8) is 0 Å². The minimum absolute atomic E-state index is 0.217. The molecule has 0 heterocycles. The second kappa shape index (κ2) is 5.38. The number of ether oxygens (including phenoxy) is 2. The Kier molecular flexibility index (Phi) is 4.15. The van der Waals surface area contributed by atoms with E-state index in [4.69, 9.17) is 21.6 Å². The van der Waals surface area contributed by atoms with Gasteiger partial charge in [-0.2, -0.15) is 5.26 Å². The predicted octanol–water partition coefficient (Wildman–Crippen LogP) is 2.40. The highest BCUT2D eigenvalue weighted by molar-refractivity contribution is 6.32. The van der Waals surface area contributed by atoms with Gasteiger partial charge in [0.1, 0.15) is 6.07 Å². The number of halogens is 1. The van der Waals surface area contributed by atoms with Gasteiger partial charge in [-0.3, -0.25) is 0 Å². The number of benzene rings is 1. The third kappa shape index (κ3) is 2.44. The van der Waals surface area contributed by atoms with Crippen LogP contribution in [0.3, 0.4) is 0 Å². The van der Waals surface area contributed by atoms with Gasteiger partial charge in [0.25, 0.3) is 0 Å². The van der Waals surface area contributed by atoms with Crippen LogP contribution in [0.4, 0.5) is 0 Å². The van der Waals surface area contributed by atoms with Crippen LogP contribution >= 0.6 is 11.6 Å². The number of hydrogen-bond acceptors (Lipinski definition) is 4. The summed E-state index contributed by atoms with van der Waals surface area (Å²) in [6.45, 7) is 2.18. The highest BCUT2D eigenvalue weighted by atomic mass is 35.5. The smallest absolute Gasteiger partial charge is 0.337 e.